The average Bonchev–Trinajstić information content (AvgIpc) is 2.81. The second-order valence-corrected chi connectivity index (χ2v) is 5.15. The predicted octanol–water partition coefficient (Wildman–Crippen LogP) is 3.91. The molecule has 1 aliphatic heterocycles. The summed E-state index contributed by atoms with van der Waals surface area (Å²) < 4.78 is 5.44. The minimum absolute atomic E-state index is 0.102. The molecule has 0 aromatic heterocycles. The van der Waals surface area contributed by atoms with Crippen molar-refractivity contribution in [2.45, 2.75) is 25.4 Å². The standard InChI is InChI=1S/C17H16O2/c1-17(12-11-16(18)19-17)15-9-7-14(8-10-15)13-5-3-2-4-6-13/h2-10H,11-12H2,1H3. The van der Waals surface area contributed by atoms with Crippen molar-refractivity contribution in [3.63, 3.8) is 0 Å². The molecule has 2 aromatic rings. The Labute approximate surface area is 113 Å². The first kappa shape index (κ1) is 12.0. The summed E-state index contributed by atoms with van der Waals surface area (Å²) in [5.41, 5.74) is 2.99. The Kier molecular flexibility index (Phi) is 2.86. The molecule has 1 saturated heterocycles. The molecule has 2 nitrogen and oxygen atoms in total. The molecule has 2 heteroatoms. The van der Waals surface area contributed by atoms with E-state index in [0.717, 1.165) is 12.0 Å². The van der Waals surface area contributed by atoms with Gasteiger partial charge in [-0.3, -0.25) is 4.79 Å². The summed E-state index contributed by atoms with van der Waals surface area (Å²) in [6.07, 6.45) is 1.27. The molecule has 0 bridgehead atoms. The Morgan fingerprint density at radius 3 is 2.16 bits per heavy atom. The second-order valence-electron chi connectivity index (χ2n) is 5.15. The van der Waals surface area contributed by atoms with E-state index in [-0.39, 0.29) is 5.97 Å². The number of benzene rings is 2. The van der Waals surface area contributed by atoms with E-state index in [1.807, 2.05) is 25.1 Å². The summed E-state index contributed by atoms with van der Waals surface area (Å²) in [5, 5.41) is 0. The zero-order valence-electron chi connectivity index (χ0n) is 10.9. The highest BCUT2D eigenvalue weighted by Crippen LogP contribution is 2.36. The van der Waals surface area contributed by atoms with Gasteiger partial charge >= 0.3 is 5.97 Å². The zero-order valence-corrected chi connectivity index (χ0v) is 10.9. The van der Waals surface area contributed by atoms with Crippen LogP contribution in [0.4, 0.5) is 0 Å². The van der Waals surface area contributed by atoms with Crippen LogP contribution in [-0.2, 0) is 15.1 Å². The Hall–Kier alpha value is -2.09. The summed E-state index contributed by atoms with van der Waals surface area (Å²) in [5.74, 6) is -0.102. The lowest BCUT2D eigenvalue weighted by molar-refractivity contribution is -0.147. The SMILES string of the molecule is CC1(c2ccc(-c3ccccc3)cc2)CCC(=O)O1. The Morgan fingerprint density at radius 1 is 0.947 bits per heavy atom. The van der Waals surface area contributed by atoms with Crippen LogP contribution in [0.1, 0.15) is 25.3 Å². The van der Waals surface area contributed by atoms with Gasteiger partial charge in [0.2, 0.25) is 0 Å². The number of carbonyl (C=O) groups excluding carboxylic acids is 1. The van der Waals surface area contributed by atoms with E-state index in [4.69, 9.17) is 4.74 Å². The van der Waals surface area contributed by atoms with E-state index < -0.39 is 5.60 Å². The van der Waals surface area contributed by atoms with E-state index in [1.165, 1.54) is 11.1 Å². The molecule has 0 aliphatic carbocycles. The van der Waals surface area contributed by atoms with Gasteiger partial charge in [-0.05, 0) is 23.6 Å². The lowest BCUT2D eigenvalue weighted by Crippen LogP contribution is -2.20. The Bertz CT molecular complexity index is 586. The fourth-order valence-electron chi connectivity index (χ4n) is 2.54. The van der Waals surface area contributed by atoms with Crippen LogP contribution in [0.15, 0.2) is 54.6 Å². The van der Waals surface area contributed by atoms with Crippen LogP contribution in [0.25, 0.3) is 11.1 Å². The topological polar surface area (TPSA) is 26.3 Å². The van der Waals surface area contributed by atoms with Gasteiger partial charge in [0.1, 0.15) is 5.60 Å². The molecule has 0 spiro atoms. The number of cyclic esters (lactones) is 1. The molecule has 0 saturated carbocycles. The summed E-state index contributed by atoms with van der Waals surface area (Å²) in [7, 11) is 0. The van der Waals surface area contributed by atoms with Crippen molar-refractivity contribution in [2.24, 2.45) is 0 Å². The molecule has 1 unspecified atom stereocenters. The van der Waals surface area contributed by atoms with E-state index in [1.54, 1.807) is 0 Å². The van der Waals surface area contributed by atoms with Crippen LogP contribution in [-0.4, -0.2) is 5.97 Å². The molecule has 19 heavy (non-hydrogen) atoms. The first-order valence-electron chi connectivity index (χ1n) is 6.55. The van der Waals surface area contributed by atoms with E-state index >= 15 is 0 Å². The van der Waals surface area contributed by atoms with Crippen LogP contribution < -0.4 is 0 Å². The minimum atomic E-state index is -0.452. The van der Waals surface area contributed by atoms with Gasteiger partial charge in [-0.25, -0.2) is 0 Å². The molecule has 3 rings (SSSR count). The van der Waals surface area contributed by atoms with Crippen LogP contribution >= 0.6 is 0 Å². The first-order chi connectivity index (χ1) is 9.17. The third-order valence-electron chi connectivity index (χ3n) is 3.75. The lowest BCUT2D eigenvalue weighted by atomic mass is 9.91. The normalized spacial score (nSPS) is 22.3. The van der Waals surface area contributed by atoms with E-state index in [2.05, 4.69) is 36.4 Å². The molecule has 2 aromatic carbocycles. The lowest BCUT2D eigenvalue weighted by Gasteiger charge is -2.23. The van der Waals surface area contributed by atoms with Crippen molar-refractivity contribution in [2.75, 3.05) is 0 Å². The first-order valence-corrected chi connectivity index (χ1v) is 6.55. The summed E-state index contributed by atoms with van der Waals surface area (Å²) in [6, 6.07) is 18.5. The van der Waals surface area contributed by atoms with Gasteiger partial charge in [-0.1, -0.05) is 54.6 Å². The monoisotopic (exact) mass is 252 g/mol. The molecular weight excluding hydrogens is 236 g/mol. The second kappa shape index (κ2) is 4.54. The third-order valence-corrected chi connectivity index (χ3v) is 3.75. The number of ether oxygens (including phenoxy) is 1. The maximum absolute atomic E-state index is 11.3. The highest BCUT2D eigenvalue weighted by molar-refractivity contribution is 5.72. The fraction of sp³-hybridized carbons (Fsp3) is 0.235. The zero-order chi connectivity index (χ0) is 13.3. The molecular formula is C17H16O2. The molecule has 0 N–H and O–H groups in total. The van der Waals surface area contributed by atoms with Gasteiger partial charge < -0.3 is 4.74 Å². The number of hydrogen-bond donors (Lipinski definition) is 0. The summed E-state index contributed by atoms with van der Waals surface area (Å²) in [6.45, 7) is 1.98. The van der Waals surface area contributed by atoms with Crippen LogP contribution in [0, 0.1) is 0 Å². The maximum atomic E-state index is 11.3. The molecule has 96 valence electrons. The molecule has 1 heterocycles. The number of carbonyl (C=O) groups is 1. The van der Waals surface area contributed by atoms with Crippen LogP contribution in [0.5, 0.6) is 0 Å². The molecule has 1 fully saturated rings. The van der Waals surface area contributed by atoms with Crippen molar-refractivity contribution >= 4 is 5.97 Å². The highest BCUT2D eigenvalue weighted by atomic mass is 16.6. The summed E-state index contributed by atoms with van der Waals surface area (Å²) >= 11 is 0. The van der Waals surface area contributed by atoms with E-state index in [0.29, 0.717) is 6.42 Å². The molecule has 1 atom stereocenters. The Morgan fingerprint density at radius 2 is 1.58 bits per heavy atom. The number of esters is 1. The van der Waals surface area contributed by atoms with Crippen LogP contribution in [0.3, 0.4) is 0 Å². The van der Waals surface area contributed by atoms with Gasteiger partial charge in [0.05, 0.1) is 0 Å². The van der Waals surface area contributed by atoms with Gasteiger partial charge in [0, 0.05) is 12.8 Å². The van der Waals surface area contributed by atoms with Crippen molar-refractivity contribution < 1.29 is 9.53 Å². The molecule has 0 amide bonds. The minimum Gasteiger partial charge on any atom is -0.454 e. The summed E-state index contributed by atoms with van der Waals surface area (Å²) in [4.78, 5) is 11.3. The van der Waals surface area contributed by atoms with Crippen molar-refractivity contribution in [1.29, 1.82) is 0 Å². The van der Waals surface area contributed by atoms with Crippen LogP contribution in [0.2, 0.25) is 0 Å². The predicted molar refractivity (Wildman–Crippen MR) is 74.6 cm³/mol. The fourth-order valence-corrected chi connectivity index (χ4v) is 2.54. The Balaban J connectivity index is 1.89. The highest BCUT2D eigenvalue weighted by Gasteiger charge is 2.37. The van der Waals surface area contributed by atoms with Gasteiger partial charge in [0.15, 0.2) is 0 Å². The number of hydrogen-bond acceptors (Lipinski definition) is 2. The van der Waals surface area contributed by atoms with E-state index in [9.17, 15) is 4.79 Å². The maximum Gasteiger partial charge on any atom is 0.306 e. The number of rotatable bonds is 2. The van der Waals surface area contributed by atoms with Crippen molar-refractivity contribution in [1.82, 2.24) is 0 Å². The third kappa shape index (κ3) is 2.26. The van der Waals surface area contributed by atoms with Gasteiger partial charge in [-0.2, -0.15) is 0 Å². The average molecular weight is 252 g/mol. The van der Waals surface area contributed by atoms with Crippen molar-refractivity contribution in [3.8, 4) is 11.1 Å². The molecule has 0 radical (unpaired) electrons. The smallest absolute Gasteiger partial charge is 0.306 e. The van der Waals surface area contributed by atoms with Crippen molar-refractivity contribution in [3.05, 3.63) is 60.2 Å². The molecule has 1 aliphatic rings. The quantitative estimate of drug-likeness (QED) is 0.757. The van der Waals surface area contributed by atoms with Gasteiger partial charge in [-0.15, -0.1) is 0 Å². The largest absolute Gasteiger partial charge is 0.454 e. The van der Waals surface area contributed by atoms with Gasteiger partial charge in [0.25, 0.3) is 0 Å².